The minimum absolute atomic E-state index is 0.113. The molecule has 1 aliphatic carbocycles. The molecule has 1 saturated carbocycles. The Hall–Kier alpha value is -1.49. The summed E-state index contributed by atoms with van der Waals surface area (Å²) in [6.07, 6.45) is 4.82. The van der Waals surface area contributed by atoms with E-state index in [1.165, 1.54) is 0 Å². The van der Waals surface area contributed by atoms with Crippen molar-refractivity contribution in [3.8, 4) is 0 Å². The summed E-state index contributed by atoms with van der Waals surface area (Å²) in [5, 5.41) is 2.96. The molecule has 0 spiro atoms. The Morgan fingerprint density at radius 3 is 3.06 bits per heavy atom. The van der Waals surface area contributed by atoms with Crippen LogP contribution in [0, 0.1) is 0 Å². The van der Waals surface area contributed by atoms with E-state index >= 15 is 0 Å². The first-order valence-electron chi connectivity index (χ1n) is 5.48. The third-order valence-electron chi connectivity index (χ3n) is 3.02. The van der Waals surface area contributed by atoms with E-state index in [1.807, 2.05) is 0 Å². The van der Waals surface area contributed by atoms with Crippen molar-refractivity contribution in [1.82, 2.24) is 10.3 Å². The van der Waals surface area contributed by atoms with E-state index in [1.54, 1.807) is 19.4 Å². The third kappa shape index (κ3) is 2.19. The number of carbonyl (C=O) groups excluding carboxylic acids is 1. The van der Waals surface area contributed by atoms with Crippen molar-refractivity contribution in [2.75, 3.05) is 12.8 Å². The Kier molecular flexibility index (Phi) is 3.14. The van der Waals surface area contributed by atoms with Crippen LogP contribution in [0.15, 0.2) is 12.3 Å². The maximum Gasteiger partial charge on any atom is 0.268 e. The van der Waals surface area contributed by atoms with E-state index < -0.39 is 0 Å². The normalized spacial score (nSPS) is 24.6. The number of carbonyl (C=O) groups is 1. The van der Waals surface area contributed by atoms with Crippen LogP contribution in [-0.2, 0) is 4.74 Å². The molecule has 1 aliphatic rings. The molecule has 0 saturated heterocycles. The second-order valence-electron chi connectivity index (χ2n) is 4.13. The number of rotatable bonds is 3. The highest BCUT2D eigenvalue weighted by molar-refractivity contribution is 5.93. The van der Waals surface area contributed by atoms with Crippen LogP contribution in [0.25, 0.3) is 0 Å². The highest BCUT2D eigenvalue weighted by Gasteiger charge is 2.28. The van der Waals surface area contributed by atoms with Crippen LogP contribution in [0.2, 0.25) is 0 Å². The number of nitrogens with one attached hydrogen (secondary N) is 2. The predicted octanol–water partition coefficient (Wildman–Crippen LogP) is 0.894. The van der Waals surface area contributed by atoms with Crippen LogP contribution in [-0.4, -0.2) is 30.1 Å². The van der Waals surface area contributed by atoms with Crippen molar-refractivity contribution in [2.24, 2.45) is 0 Å². The highest BCUT2D eigenvalue weighted by Crippen LogP contribution is 2.21. The number of hydrogen-bond donors (Lipinski definition) is 3. The molecular formula is C11H17N3O2. The summed E-state index contributed by atoms with van der Waals surface area (Å²) in [5.41, 5.74) is 6.61. The van der Waals surface area contributed by atoms with Crippen LogP contribution in [0.4, 0.5) is 5.69 Å². The van der Waals surface area contributed by atoms with Gasteiger partial charge in [0.05, 0.1) is 12.1 Å². The quantitative estimate of drug-likeness (QED) is 0.712. The van der Waals surface area contributed by atoms with Crippen molar-refractivity contribution in [3.63, 3.8) is 0 Å². The average Bonchev–Trinajstić information content (AvgIpc) is 2.86. The number of aromatic nitrogens is 1. The number of nitrogen functional groups attached to an aromatic ring is 1. The van der Waals surface area contributed by atoms with Crippen LogP contribution in [0.1, 0.15) is 29.8 Å². The molecule has 0 bridgehead atoms. The zero-order chi connectivity index (χ0) is 11.5. The van der Waals surface area contributed by atoms with Crippen LogP contribution in [0.5, 0.6) is 0 Å². The van der Waals surface area contributed by atoms with Gasteiger partial charge in [-0.3, -0.25) is 4.79 Å². The fourth-order valence-electron chi connectivity index (χ4n) is 2.16. The lowest BCUT2D eigenvalue weighted by Gasteiger charge is -2.19. The predicted molar refractivity (Wildman–Crippen MR) is 61.1 cm³/mol. The lowest BCUT2D eigenvalue weighted by molar-refractivity contribution is 0.0719. The fourth-order valence-corrected chi connectivity index (χ4v) is 2.16. The number of amides is 1. The smallest absolute Gasteiger partial charge is 0.268 e. The van der Waals surface area contributed by atoms with Crippen molar-refractivity contribution in [2.45, 2.75) is 31.4 Å². The molecule has 0 aliphatic heterocycles. The molecule has 2 unspecified atom stereocenters. The standard InChI is InChI=1S/C11H17N3O2/c1-16-10-4-2-3-8(10)14-11(15)9-5-7(12)6-13-9/h5-6,8,10,13H,2-4,12H2,1H3,(H,14,15). The van der Waals surface area contributed by atoms with Gasteiger partial charge >= 0.3 is 0 Å². The van der Waals surface area contributed by atoms with Gasteiger partial charge in [-0.25, -0.2) is 0 Å². The summed E-state index contributed by atoms with van der Waals surface area (Å²) in [6.45, 7) is 0. The summed E-state index contributed by atoms with van der Waals surface area (Å²) >= 11 is 0. The van der Waals surface area contributed by atoms with Crippen LogP contribution < -0.4 is 11.1 Å². The van der Waals surface area contributed by atoms with Gasteiger partial charge in [0.15, 0.2) is 0 Å². The molecule has 1 fully saturated rings. The van der Waals surface area contributed by atoms with Crippen molar-refractivity contribution < 1.29 is 9.53 Å². The number of methoxy groups -OCH3 is 1. The summed E-state index contributed by atoms with van der Waals surface area (Å²) < 4.78 is 5.32. The largest absolute Gasteiger partial charge is 0.397 e. The molecule has 1 aromatic heterocycles. The molecule has 0 radical (unpaired) electrons. The number of ether oxygens (including phenoxy) is 1. The molecule has 1 amide bonds. The lowest BCUT2D eigenvalue weighted by atomic mass is 10.2. The molecule has 5 nitrogen and oxygen atoms in total. The van der Waals surface area contributed by atoms with E-state index in [2.05, 4.69) is 10.3 Å². The summed E-state index contributed by atoms with van der Waals surface area (Å²) in [7, 11) is 1.68. The SMILES string of the molecule is COC1CCCC1NC(=O)c1cc(N)c[nH]1. The first kappa shape index (κ1) is 11.0. The average molecular weight is 223 g/mol. The molecule has 5 heteroatoms. The second kappa shape index (κ2) is 4.57. The molecular weight excluding hydrogens is 206 g/mol. The molecule has 1 heterocycles. The van der Waals surface area contributed by atoms with Gasteiger partial charge in [0, 0.05) is 19.0 Å². The fraction of sp³-hybridized carbons (Fsp3) is 0.545. The van der Waals surface area contributed by atoms with E-state index in [9.17, 15) is 4.79 Å². The van der Waals surface area contributed by atoms with Gasteiger partial charge in [0.25, 0.3) is 5.91 Å². The minimum atomic E-state index is -0.120. The van der Waals surface area contributed by atoms with Gasteiger partial charge in [0.2, 0.25) is 0 Å². The Balaban J connectivity index is 1.97. The van der Waals surface area contributed by atoms with Gasteiger partial charge in [0.1, 0.15) is 5.69 Å². The van der Waals surface area contributed by atoms with Crippen LogP contribution in [0.3, 0.4) is 0 Å². The molecule has 1 aromatic rings. The molecule has 0 aromatic carbocycles. The summed E-state index contributed by atoms with van der Waals surface area (Å²) in [4.78, 5) is 14.7. The molecule has 4 N–H and O–H groups in total. The minimum Gasteiger partial charge on any atom is -0.397 e. The summed E-state index contributed by atoms with van der Waals surface area (Å²) in [5.74, 6) is -0.120. The van der Waals surface area contributed by atoms with Gasteiger partial charge in [-0.2, -0.15) is 0 Å². The number of nitrogens with two attached hydrogens (primary N) is 1. The van der Waals surface area contributed by atoms with E-state index in [4.69, 9.17) is 10.5 Å². The topological polar surface area (TPSA) is 80.1 Å². The Bertz CT molecular complexity index is 375. The number of H-pyrrole nitrogens is 1. The Labute approximate surface area is 94.4 Å². The van der Waals surface area contributed by atoms with Gasteiger partial charge in [-0.05, 0) is 25.3 Å². The second-order valence-corrected chi connectivity index (χ2v) is 4.13. The molecule has 88 valence electrons. The molecule has 16 heavy (non-hydrogen) atoms. The molecule has 2 atom stereocenters. The maximum absolute atomic E-state index is 11.8. The zero-order valence-electron chi connectivity index (χ0n) is 9.32. The number of anilines is 1. The number of aromatic amines is 1. The third-order valence-corrected chi connectivity index (χ3v) is 3.02. The first-order valence-corrected chi connectivity index (χ1v) is 5.48. The Morgan fingerprint density at radius 2 is 2.44 bits per heavy atom. The van der Waals surface area contributed by atoms with Crippen molar-refractivity contribution in [3.05, 3.63) is 18.0 Å². The van der Waals surface area contributed by atoms with E-state index in [0.717, 1.165) is 19.3 Å². The maximum atomic E-state index is 11.8. The number of hydrogen-bond acceptors (Lipinski definition) is 3. The van der Waals surface area contributed by atoms with E-state index in [0.29, 0.717) is 11.4 Å². The first-order chi connectivity index (χ1) is 7.70. The molecule has 2 rings (SSSR count). The zero-order valence-corrected chi connectivity index (χ0v) is 9.32. The van der Waals surface area contributed by atoms with Gasteiger partial charge < -0.3 is 20.8 Å². The van der Waals surface area contributed by atoms with Gasteiger partial charge in [-0.1, -0.05) is 0 Å². The summed E-state index contributed by atoms with van der Waals surface area (Å²) in [6, 6.07) is 1.74. The van der Waals surface area contributed by atoms with E-state index in [-0.39, 0.29) is 18.1 Å². The Morgan fingerprint density at radius 1 is 1.62 bits per heavy atom. The lowest BCUT2D eigenvalue weighted by Crippen LogP contribution is -2.40. The monoisotopic (exact) mass is 223 g/mol. The van der Waals surface area contributed by atoms with Crippen molar-refractivity contribution >= 4 is 11.6 Å². The van der Waals surface area contributed by atoms with Gasteiger partial charge in [-0.15, -0.1) is 0 Å². The highest BCUT2D eigenvalue weighted by atomic mass is 16.5. The van der Waals surface area contributed by atoms with Crippen molar-refractivity contribution in [1.29, 1.82) is 0 Å². The van der Waals surface area contributed by atoms with Crippen LogP contribution >= 0.6 is 0 Å².